The van der Waals surface area contributed by atoms with Gasteiger partial charge in [0.05, 0.1) is 0 Å². The lowest BCUT2D eigenvalue weighted by molar-refractivity contribution is 0.129. The SMILES string of the molecule is CC1CCC(NC(=O)OCCN(C)C)CC1. The zero-order chi connectivity index (χ0) is 12.0. The highest BCUT2D eigenvalue weighted by molar-refractivity contribution is 5.67. The molecule has 0 aliphatic heterocycles. The Hall–Kier alpha value is -0.770. The predicted octanol–water partition coefficient (Wildman–Crippen LogP) is 1.85. The van der Waals surface area contributed by atoms with Crippen molar-refractivity contribution in [1.29, 1.82) is 0 Å². The Bertz CT molecular complexity index is 211. The zero-order valence-corrected chi connectivity index (χ0v) is 10.7. The number of likely N-dealkylation sites (N-methyl/N-ethyl adjacent to an activating group) is 1. The summed E-state index contributed by atoms with van der Waals surface area (Å²) in [6, 6.07) is 0.322. The van der Waals surface area contributed by atoms with Crippen LogP contribution in [0.2, 0.25) is 0 Å². The minimum absolute atomic E-state index is 0.263. The summed E-state index contributed by atoms with van der Waals surface area (Å²) >= 11 is 0. The van der Waals surface area contributed by atoms with E-state index < -0.39 is 0 Å². The smallest absolute Gasteiger partial charge is 0.407 e. The molecule has 4 nitrogen and oxygen atoms in total. The predicted molar refractivity (Wildman–Crippen MR) is 64.5 cm³/mol. The maximum Gasteiger partial charge on any atom is 0.407 e. The molecule has 0 unspecified atom stereocenters. The molecule has 0 aromatic rings. The van der Waals surface area contributed by atoms with Gasteiger partial charge in [0.15, 0.2) is 0 Å². The summed E-state index contributed by atoms with van der Waals surface area (Å²) in [4.78, 5) is 13.4. The highest BCUT2D eigenvalue weighted by atomic mass is 16.5. The maximum atomic E-state index is 11.4. The van der Waals surface area contributed by atoms with Gasteiger partial charge in [-0.05, 0) is 45.7 Å². The van der Waals surface area contributed by atoms with Gasteiger partial charge in [0, 0.05) is 12.6 Å². The van der Waals surface area contributed by atoms with E-state index in [0.717, 1.165) is 25.3 Å². The molecule has 1 N–H and O–H groups in total. The normalized spacial score (nSPS) is 25.5. The van der Waals surface area contributed by atoms with E-state index in [2.05, 4.69) is 12.2 Å². The molecule has 0 aromatic carbocycles. The van der Waals surface area contributed by atoms with Crippen LogP contribution in [0, 0.1) is 5.92 Å². The molecule has 1 fully saturated rings. The lowest BCUT2D eigenvalue weighted by Gasteiger charge is -2.26. The average molecular weight is 228 g/mol. The van der Waals surface area contributed by atoms with Crippen LogP contribution in [0.15, 0.2) is 0 Å². The second kappa shape index (κ2) is 6.74. The van der Waals surface area contributed by atoms with Gasteiger partial charge in [0.2, 0.25) is 0 Å². The van der Waals surface area contributed by atoms with Crippen molar-refractivity contribution >= 4 is 6.09 Å². The number of alkyl carbamates (subject to hydrolysis) is 1. The van der Waals surface area contributed by atoms with Gasteiger partial charge in [-0.25, -0.2) is 4.79 Å². The van der Waals surface area contributed by atoms with Crippen molar-refractivity contribution in [1.82, 2.24) is 10.2 Å². The molecular weight excluding hydrogens is 204 g/mol. The molecule has 0 radical (unpaired) electrons. The summed E-state index contributed by atoms with van der Waals surface area (Å²) in [5.74, 6) is 0.808. The Labute approximate surface area is 98.3 Å². The lowest BCUT2D eigenvalue weighted by Crippen LogP contribution is -2.38. The Morgan fingerprint density at radius 3 is 2.50 bits per heavy atom. The molecule has 1 rings (SSSR count). The van der Waals surface area contributed by atoms with Crippen LogP contribution in [0.1, 0.15) is 32.6 Å². The van der Waals surface area contributed by atoms with Gasteiger partial charge in [0.1, 0.15) is 6.61 Å². The van der Waals surface area contributed by atoms with Crippen LogP contribution in [0.5, 0.6) is 0 Å². The minimum Gasteiger partial charge on any atom is -0.448 e. The Morgan fingerprint density at radius 2 is 1.94 bits per heavy atom. The molecule has 1 aliphatic rings. The Balaban J connectivity index is 2.09. The number of ether oxygens (including phenoxy) is 1. The van der Waals surface area contributed by atoms with Crippen molar-refractivity contribution in [2.75, 3.05) is 27.2 Å². The summed E-state index contributed by atoms with van der Waals surface area (Å²) < 4.78 is 5.09. The molecule has 0 atom stereocenters. The third kappa shape index (κ3) is 5.35. The van der Waals surface area contributed by atoms with E-state index in [9.17, 15) is 4.79 Å². The third-order valence-electron chi connectivity index (χ3n) is 3.11. The van der Waals surface area contributed by atoms with E-state index >= 15 is 0 Å². The molecule has 94 valence electrons. The van der Waals surface area contributed by atoms with Crippen LogP contribution in [0.25, 0.3) is 0 Å². The quantitative estimate of drug-likeness (QED) is 0.798. The van der Waals surface area contributed by atoms with Gasteiger partial charge in [-0.2, -0.15) is 0 Å². The van der Waals surface area contributed by atoms with Gasteiger partial charge in [-0.15, -0.1) is 0 Å². The molecule has 1 amide bonds. The van der Waals surface area contributed by atoms with Gasteiger partial charge in [0.25, 0.3) is 0 Å². The van der Waals surface area contributed by atoms with E-state index in [1.807, 2.05) is 19.0 Å². The van der Waals surface area contributed by atoms with Gasteiger partial charge in [-0.1, -0.05) is 6.92 Å². The van der Waals surface area contributed by atoms with Crippen LogP contribution < -0.4 is 5.32 Å². The summed E-state index contributed by atoms with van der Waals surface area (Å²) in [6.07, 6.45) is 4.33. The van der Waals surface area contributed by atoms with Crippen LogP contribution in [-0.4, -0.2) is 44.3 Å². The molecule has 0 aromatic heterocycles. The summed E-state index contributed by atoms with van der Waals surface area (Å²) in [6.45, 7) is 3.50. The molecule has 0 heterocycles. The molecule has 0 spiro atoms. The van der Waals surface area contributed by atoms with Crippen molar-refractivity contribution in [2.24, 2.45) is 5.92 Å². The largest absolute Gasteiger partial charge is 0.448 e. The number of amides is 1. The molecule has 4 heteroatoms. The second-order valence-electron chi connectivity index (χ2n) is 5.04. The summed E-state index contributed by atoms with van der Waals surface area (Å²) in [7, 11) is 3.92. The van der Waals surface area contributed by atoms with E-state index in [1.54, 1.807) is 0 Å². The van der Waals surface area contributed by atoms with Crippen LogP contribution in [-0.2, 0) is 4.74 Å². The van der Waals surface area contributed by atoms with Gasteiger partial charge >= 0.3 is 6.09 Å². The van der Waals surface area contributed by atoms with E-state index in [4.69, 9.17) is 4.74 Å². The maximum absolute atomic E-state index is 11.4. The fourth-order valence-electron chi connectivity index (χ4n) is 1.93. The third-order valence-corrected chi connectivity index (χ3v) is 3.11. The number of carbonyl (C=O) groups is 1. The first-order valence-corrected chi connectivity index (χ1v) is 6.16. The molecule has 16 heavy (non-hydrogen) atoms. The van der Waals surface area contributed by atoms with Crippen LogP contribution in [0.3, 0.4) is 0 Å². The second-order valence-corrected chi connectivity index (χ2v) is 5.04. The lowest BCUT2D eigenvalue weighted by atomic mass is 9.87. The monoisotopic (exact) mass is 228 g/mol. The van der Waals surface area contributed by atoms with Crippen molar-refractivity contribution in [3.05, 3.63) is 0 Å². The number of nitrogens with zero attached hydrogens (tertiary/aromatic N) is 1. The summed E-state index contributed by atoms with van der Waals surface area (Å²) in [5, 5.41) is 2.93. The van der Waals surface area contributed by atoms with E-state index in [-0.39, 0.29) is 6.09 Å². The number of rotatable bonds is 4. The topological polar surface area (TPSA) is 41.6 Å². The summed E-state index contributed by atoms with van der Waals surface area (Å²) in [5.41, 5.74) is 0. The standard InChI is InChI=1S/C12H24N2O2/c1-10-4-6-11(7-5-10)13-12(15)16-9-8-14(2)3/h10-11H,4-9H2,1-3H3,(H,13,15). The number of hydrogen-bond acceptors (Lipinski definition) is 3. The Morgan fingerprint density at radius 1 is 1.31 bits per heavy atom. The average Bonchev–Trinajstić information content (AvgIpc) is 2.21. The van der Waals surface area contributed by atoms with E-state index in [1.165, 1.54) is 12.8 Å². The Kier molecular flexibility index (Phi) is 5.60. The molecule has 0 bridgehead atoms. The molecular formula is C12H24N2O2. The first kappa shape index (κ1) is 13.3. The highest BCUT2D eigenvalue weighted by Gasteiger charge is 2.19. The first-order valence-electron chi connectivity index (χ1n) is 6.16. The first-order chi connectivity index (χ1) is 7.58. The van der Waals surface area contributed by atoms with Crippen LogP contribution >= 0.6 is 0 Å². The minimum atomic E-state index is -0.263. The van der Waals surface area contributed by atoms with Crippen molar-refractivity contribution in [3.8, 4) is 0 Å². The number of hydrogen-bond donors (Lipinski definition) is 1. The fourth-order valence-corrected chi connectivity index (χ4v) is 1.93. The number of carbonyl (C=O) groups excluding carboxylic acids is 1. The van der Waals surface area contributed by atoms with Crippen molar-refractivity contribution in [2.45, 2.75) is 38.6 Å². The van der Waals surface area contributed by atoms with Gasteiger partial charge < -0.3 is 15.0 Å². The zero-order valence-electron chi connectivity index (χ0n) is 10.7. The molecule has 1 saturated carbocycles. The van der Waals surface area contributed by atoms with Gasteiger partial charge in [-0.3, -0.25) is 0 Å². The van der Waals surface area contributed by atoms with Crippen molar-refractivity contribution < 1.29 is 9.53 Å². The molecule has 0 saturated heterocycles. The fraction of sp³-hybridized carbons (Fsp3) is 0.917. The highest BCUT2D eigenvalue weighted by Crippen LogP contribution is 2.23. The van der Waals surface area contributed by atoms with Crippen LogP contribution in [0.4, 0.5) is 4.79 Å². The molecule has 1 aliphatic carbocycles. The number of nitrogens with one attached hydrogen (secondary N) is 1. The van der Waals surface area contributed by atoms with Crippen molar-refractivity contribution in [3.63, 3.8) is 0 Å². The van der Waals surface area contributed by atoms with E-state index in [0.29, 0.717) is 12.6 Å².